The number of nitrogens with one attached hydrogen (secondary N) is 1. The van der Waals surface area contributed by atoms with Crippen molar-refractivity contribution in [2.75, 3.05) is 13.2 Å². The molecule has 0 fully saturated rings. The number of thiazole rings is 1. The molecule has 3 aromatic rings. The second-order valence-electron chi connectivity index (χ2n) is 7.03. The van der Waals surface area contributed by atoms with Gasteiger partial charge in [-0.05, 0) is 69.2 Å². The Morgan fingerprint density at radius 2 is 1.79 bits per heavy atom. The molecule has 3 rings (SSSR count). The van der Waals surface area contributed by atoms with Crippen LogP contribution in [0.25, 0.3) is 10.2 Å². The lowest BCUT2D eigenvalue weighted by Crippen LogP contribution is -2.28. The van der Waals surface area contributed by atoms with Crippen molar-refractivity contribution in [3.05, 3.63) is 57.2 Å². The summed E-state index contributed by atoms with van der Waals surface area (Å²) in [5.41, 5.74) is 2.94. The number of rotatable bonds is 7. The van der Waals surface area contributed by atoms with Crippen LogP contribution in [0.15, 0.2) is 46.1 Å². The zero-order valence-electron chi connectivity index (χ0n) is 16.4. The summed E-state index contributed by atoms with van der Waals surface area (Å²) < 4.78 is 35.7. The molecule has 0 aliphatic heterocycles. The van der Waals surface area contributed by atoms with Crippen LogP contribution in [0.1, 0.15) is 31.0 Å². The first-order valence-electron chi connectivity index (χ1n) is 9.03. The molecule has 0 spiro atoms. The molecule has 0 unspecified atom stereocenters. The van der Waals surface area contributed by atoms with Crippen molar-refractivity contribution in [3.63, 3.8) is 0 Å². The molecule has 0 saturated carbocycles. The fourth-order valence-corrected chi connectivity index (χ4v) is 5.28. The van der Waals surface area contributed by atoms with Crippen LogP contribution in [0.5, 0.6) is 5.75 Å². The summed E-state index contributed by atoms with van der Waals surface area (Å²) in [5.74, 6) is 0.720. The number of nitrogens with zero attached hydrogens (tertiary/aromatic N) is 1. The van der Waals surface area contributed by atoms with Crippen molar-refractivity contribution in [2.24, 2.45) is 0 Å². The zero-order chi connectivity index (χ0) is 20.5. The molecule has 28 heavy (non-hydrogen) atoms. The maximum atomic E-state index is 12.6. The second-order valence-corrected chi connectivity index (χ2v) is 9.79. The molecule has 0 atom stereocenters. The van der Waals surface area contributed by atoms with E-state index in [1.807, 2.05) is 45.9 Å². The summed E-state index contributed by atoms with van der Waals surface area (Å²) in [4.78, 5) is 12.2. The number of ether oxygens (including phenoxy) is 1. The van der Waals surface area contributed by atoms with E-state index >= 15 is 0 Å². The zero-order valence-corrected chi connectivity index (χ0v) is 18.0. The second kappa shape index (κ2) is 8.06. The van der Waals surface area contributed by atoms with Crippen LogP contribution >= 0.6 is 11.3 Å². The molecule has 1 heterocycles. The Kier molecular flexibility index (Phi) is 5.92. The molecule has 6 nitrogen and oxygen atoms in total. The van der Waals surface area contributed by atoms with Gasteiger partial charge in [0.2, 0.25) is 10.0 Å². The average molecular weight is 421 g/mol. The van der Waals surface area contributed by atoms with Gasteiger partial charge in [-0.2, -0.15) is 0 Å². The molecule has 1 aromatic heterocycles. The first kappa shape index (κ1) is 20.6. The van der Waals surface area contributed by atoms with Gasteiger partial charge in [0, 0.05) is 12.6 Å². The van der Waals surface area contributed by atoms with Crippen LogP contribution in [-0.2, 0) is 10.0 Å². The van der Waals surface area contributed by atoms with Crippen molar-refractivity contribution in [1.29, 1.82) is 0 Å². The van der Waals surface area contributed by atoms with Crippen LogP contribution in [0.4, 0.5) is 0 Å². The van der Waals surface area contributed by atoms with Crippen LogP contribution in [-0.4, -0.2) is 26.1 Å². The molecular formula is C20H24N2O4S2. The lowest BCUT2D eigenvalue weighted by molar-refractivity contribution is 0.322. The minimum atomic E-state index is -3.68. The highest BCUT2D eigenvalue weighted by Gasteiger charge is 2.17. The molecule has 8 heteroatoms. The Hall–Kier alpha value is -2.16. The number of aryl methyl sites for hydroxylation is 2. The number of hydrogen-bond donors (Lipinski definition) is 1. The van der Waals surface area contributed by atoms with E-state index in [9.17, 15) is 13.2 Å². The highest BCUT2D eigenvalue weighted by Crippen LogP contribution is 2.24. The lowest BCUT2D eigenvalue weighted by Gasteiger charge is -2.10. The molecule has 0 bridgehead atoms. The van der Waals surface area contributed by atoms with Gasteiger partial charge < -0.3 is 4.74 Å². The van der Waals surface area contributed by atoms with E-state index < -0.39 is 10.0 Å². The summed E-state index contributed by atoms with van der Waals surface area (Å²) in [6, 6.07) is 10.7. The first-order valence-corrected chi connectivity index (χ1v) is 11.3. The minimum absolute atomic E-state index is 0.0178. The van der Waals surface area contributed by atoms with Gasteiger partial charge in [0.05, 0.1) is 15.1 Å². The first-order chi connectivity index (χ1) is 13.2. The molecule has 1 N–H and O–H groups in total. The molecule has 0 saturated heterocycles. The van der Waals surface area contributed by atoms with E-state index in [0.29, 0.717) is 4.70 Å². The van der Waals surface area contributed by atoms with Crippen LogP contribution < -0.4 is 14.3 Å². The molecule has 2 aromatic carbocycles. The summed E-state index contributed by atoms with van der Waals surface area (Å²) in [5, 5.41) is 0. The molecule has 0 aliphatic carbocycles. The van der Waals surface area contributed by atoms with E-state index in [2.05, 4.69) is 4.72 Å². The van der Waals surface area contributed by atoms with Gasteiger partial charge in [0.15, 0.2) is 0 Å². The third-order valence-corrected chi connectivity index (χ3v) is 6.65. The Bertz CT molecular complexity index is 1140. The Balaban J connectivity index is 1.69. The van der Waals surface area contributed by atoms with Crippen molar-refractivity contribution >= 4 is 31.6 Å². The molecular weight excluding hydrogens is 396 g/mol. The predicted molar refractivity (Wildman–Crippen MR) is 113 cm³/mol. The van der Waals surface area contributed by atoms with Gasteiger partial charge in [-0.15, -0.1) is 0 Å². The Morgan fingerprint density at radius 1 is 1.11 bits per heavy atom. The number of benzene rings is 2. The van der Waals surface area contributed by atoms with E-state index in [4.69, 9.17) is 4.74 Å². The maximum Gasteiger partial charge on any atom is 0.308 e. The fraction of sp³-hybridized carbons (Fsp3) is 0.350. The summed E-state index contributed by atoms with van der Waals surface area (Å²) in [6.07, 6.45) is 0. The van der Waals surface area contributed by atoms with Gasteiger partial charge in [-0.1, -0.05) is 17.4 Å². The largest absolute Gasteiger partial charge is 0.492 e. The maximum absolute atomic E-state index is 12.6. The molecule has 150 valence electrons. The number of sulfonamides is 1. The monoisotopic (exact) mass is 420 g/mol. The topological polar surface area (TPSA) is 77.4 Å². The quantitative estimate of drug-likeness (QED) is 0.592. The average Bonchev–Trinajstić information content (AvgIpc) is 2.93. The Labute approximate surface area is 168 Å². The van der Waals surface area contributed by atoms with Crippen molar-refractivity contribution in [3.8, 4) is 5.75 Å². The van der Waals surface area contributed by atoms with E-state index in [-0.39, 0.29) is 29.0 Å². The summed E-state index contributed by atoms with van der Waals surface area (Å²) >= 11 is 1.06. The van der Waals surface area contributed by atoms with Crippen molar-refractivity contribution in [1.82, 2.24) is 9.29 Å². The molecule has 0 amide bonds. The van der Waals surface area contributed by atoms with Crippen LogP contribution in [0.2, 0.25) is 0 Å². The van der Waals surface area contributed by atoms with Crippen molar-refractivity contribution < 1.29 is 13.2 Å². The van der Waals surface area contributed by atoms with E-state index in [1.54, 1.807) is 16.7 Å². The number of fused-ring (bicyclic) bond motifs is 1. The standard InChI is InChI=1S/C20H24N2O4S2/c1-13(2)22-18-6-5-17(12-19(18)27-20(22)23)28(24,25)21-7-8-26-16-10-14(3)9-15(4)11-16/h5-6,9-13,21H,7-8H2,1-4H3. The van der Waals surface area contributed by atoms with Crippen LogP contribution in [0, 0.1) is 13.8 Å². The normalized spacial score (nSPS) is 12.0. The predicted octanol–water partition coefficient (Wildman–Crippen LogP) is 3.62. The van der Waals surface area contributed by atoms with E-state index in [1.165, 1.54) is 6.07 Å². The number of aromatic nitrogens is 1. The fourth-order valence-electron chi connectivity index (χ4n) is 3.12. The van der Waals surface area contributed by atoms with Gasteiger partial charge in [-0.3, -0.25) is 9.36 Å². The minimum Gasteiger partial charge on any atom is -0.492 e. The summed E-state index contributed by atoms with van der Waals surface area (Å²) in [6.45, 7) is 8.20. The van der Waals surface area contributed by atoms with Crippen LogP contribution in [0.3, 0.4) is 0 Å². The lowest BCUT2D eigenvalue weighted by atomic mass is 10.1. The van der Waals surface area contributed by atoms with Gasteiger partial charge in [0.1, 0.15) is 12.4 Å². The highest BCUT2D eigenvalue weighted by atomic mass is 32.2. The third kappa shape index (κ3) is 4.45. The molecule has 0 aliphatic rings. The van der Waals surface area contributed by atoms with Gasteiger partial charge >= 0.3 is 4.87 Å². The smallest absolute Gasteiger partial charge is 0.308 e. The van der Waals surface area contributed by atoms with Gasteiger partial charge in [-0.25, -0.2) is 13.1 Å². The highest BCUT2D eigenvalue weighted by molar-refractivity contribution is 7.89. The van der Waals surface area contributed by atoms with Gasteiger partial charge in [0.25, 0.3) is 0 Å². The van der Waals surface area contributed by atoms with Crippen molar-refractivity contribution in [2.45, 2.75) is 38.6 Å². The third-order valence-electron chi connectivity index (χ3n) is 4.27. The number of hydrogen-bond acceptors (Lipinski definition) is 5. The molecule has 0 radical (unpaired) electrons. The SMILES string of the molecule is Cc1cc(C)cc(OCCNS(=O)(=O)c2ccc3c(c2)sc(=O)n3C(C)C)c1. The Morgan fingerprint density at radius 3 is 2.43 bits per heavy atom. The van der Waals surface area contributed by atoms with E-state index in [0.717, 1.165) is 33.7 Å². The summed E-state index contributed by atoms with van der Waals surface area (Å²) in [7, 11) is -3.68.